The van der Waals surface area contributed by atoms with Crippen molar-refractivity contribution in [3.05, 3.63) is 95.1 Å². The number of benzene rings is 3. The van der Waals surface area contributed by atoms with Crippen molar-refractivity contribution in [2.24, 2.45) is 0 Å². The maximum atomic E-state index is 13.1. The summed E-state index contributed by atoms with van der Waals surface area (Å²) in [6.45, 7) is 1.54. The van der Waals surface area contributed by atoms with Crippen LogP contribution in [-0.2, 0) is 16.0 Å². The van der Waals surface area contributed by atoms with Gasteiger partial charge in [-0.25, -0.2) is 4.39 Å². The lowest BCUT2D eigenvalue weighted by Gasteiger charge is -2.15. The zero-order chi connectivity index (χ0) is 24.1. The summed E-state index contributed by atoms with van der Waals surface area (Å²) in [5, 5.41) is 4.68. The van der Waals surface area contributed by atoms with E-state index in [2.05, 4.69) is 16.2 Å². The van der Waals surface area contributed by atoms with Crippen molar-refractivity contribution in [3.63, 3.8) is 0 Å². The molecule has 1 heterocycles. The second kappa shape index (κ2) is 10.3. The number of rotatable bonds is 6. The van der Waals surface area contributed by atoms with Gasteiger partial charge in [0.2, 0.25) is 5.91 Å². The highest BCUT2D eigenvalue weighted by atomic mass is 32.1. The van der Waals surface area contributed by atoms with E-state index in [9.17, 15) is 18.8 Å². The molecule has 0 saturated carbocycles. The zero-order valence-corrected chi connectivity index (χ0v) is 19.1. The maximum Gasteiger partial charge on any atom is 0.279 e. The standard InChI is InChI=1S/C26H22FN3O3S/c1-16(28-24(31)15-19-7-4-6-17-5-2-3-8-21(17)19)25(32)29-30-26(33)23-14-13-22(34-23)18-9-11-20(27)12-10-18/h2-14,16H,15H2,1H3,(H,28,31)(H,29,32)(H,30,33)/t16-/m0/s1. The fourth-order valence-corrected chi connectivity index (χ4v) is 4.40. The van der Waals surface area contributed by atoms with Crippen LogP contribution in [0.3, 0.4) is 0 Å². The van der Waals surface area contributed by atoms with Crippen LogP contribution in [0, 0.1) is 5.82 Å². The predicted molar refractivity (Wildman–Crippen MR) is 131 cm³/mol. The van der Waals surface area contributed by atoms with Crippen molar-refractivity contribution in [1.29, 1.82) is 0 Å². The summed E-state index contributed by atoms with van der Waals surface area (Å²) in [5.74, 6) is -1.66. The lowest BCUT2D eigenvalue weighted by molar-refractivity contribution is -0.128. The minimum absolute atomic E-state index is 0.132. The van der Waals surface area contributed by atoms with Gasteiger partial charge in [-0.1, -0.05) is 54.6 Å². The van der Waals surface area contributed by atoms with Gasteiger partial charge >= 0.3 is 0 Å². The summed E-state index contributed by atoms with van der Waals surface area (Å²) in [6, 6.07) is 22.0. The molecule has 3 aromatic carbocycles. The topological polar surface area (TPSA) is 87.3 Å². The molecule has 0 aliphatic carbocycles. The van der Waals surface area contributed by atoms with Crippen LogP contribution >= 0.6 is 11.3 Å². The van der Waals surface area contributed by atoms with Gasteiger partial charge in [0.15, 0.2) is 0 Å². The van der Waals surface area contributed by atoms with E-state index in [4.69, 9.17) is 0 Å². The van der Waals surface area contributed by atoms with Crippen molar-refractivity contribution in [2.75, 3.05) is 0 Å². The third-order valence-electron chi connectivity index (χ3n) is 5.26. The van der Waals surface area contributed by atoms with Crippen molar-refractivity contribution in [1.82, 2.24) is 16.2 Å². The molecule has 3 amide bonds. The fourth-order valence-electron chi connectivity index (χ4n) is 3.50. The molecule has 34 heavy (non-hydrogen) atoms. The minimum atomic E-state index is -0.846. The average molecular weight is 476 g/mol. The van der Waals surface area contributed by atoms with E-state index in [0.29, 0.717) is 4.88 Å². The van der Waals surface area contributed by atoms with Crippen LogP contribution in [0.1, 0.15) is 22.2 Å². The SMILES string of the molecule is C[C@H](NC(=O)Cc1cccc2ccccc12)C(=O)NNC(=O)c1ccc(-c2ccc(F)cc2)s1. The Morgan fingerprint density at radius 3 is 2.41 bits per heavy atom. The molecule has 0 fully saturated rings. The lowest BCUT2D eigenvalue weighted by Crippen LogP contribution is -2.51. The Bertz CT molecular complexity index is 1350. The Kier molecular flexibility index (Phi) is 6.98. The molecule has 172 valence electrons. The first kappa shape index (κ1) is 23.1. The second-order valence-electron chi connectivity index (χ2n) is 7.72. The molecule has 8 heteroatoms. The van der Waals surface area contributed by atoms with Gasteiger partial charge in [-0.15, -0.1) is 11.3 Å². The molecule has 0 unspecified atom stereocenters. The van der Waals surface area contributed by atoms with Crippen molar-refractivity contribution < 1.29 is 18.8 Å². The molecule has 1 atom stereocenters. The molecular weight excluding hydrogens is 453 g/mol. The minimum Gasteiger partial charge on any atom is -0.344 e. The first-order valence-electron chi connectivity index (χ1n) is 10.6. The van der Waals surface area contributed by atoms with Gasteiger partial charge in [-0.05, 0) is 53.1 Å². The van der Waals surface area contributed by atoms with Gasteiger partial charge in [0.25, 0.3) is 11.8 Å². The number of carbonyl (C=O) groups excluding carboxylic acids is 3. The Labute approximate surface area is 199 Å². The number of hydrogen-bond acceptors (Lipinski definition) is 4. The van der Waals surface area contributed by atoms with E-state index >= 15 is 0 Å². The maximum absolute atomic E-state index is 13.1. The van der Waals surface area contributed by atoms with Crippen molar-refractivity contribution >= 4 is 39.8 Å². The molecule has 4 rings (SSSR count). The molecular formula is C26H22FN3O3S. The van der Waals surface area contributed by atoms with Gasteiger partial charge in [0.05, 0.1) is 11.3 Å². The van der Waals surface area contributed by atoms with Crippen molar-refractivity contribution in [2.45, 2.75) is 19.4 Å². The van der Waals surface area contributed by atoms with E-state index in [-0.39, 0.29) is 18.1 Å². The number of nitrogens with one attached hydrogen (secondary N) is 3. The molecule has 0 bridgehead atoms. The van der Waals surface area contributed by atoms with Gasteiger partial charge in [-0.2, -0.15) is 0 Å². The van der Waals surface area contributed by atoms with Crippen molar-refractivity contribution in [3.8, 4) is 10.4 Å². The number of amides is 3. The third-order valence-corrected chi connectivity index (χ3v) is 6.39. The van der Waals surface area contributed by atoms with Crippen LogP contribution in [-0.4, -0.2) is 23.8 Å². The van der Waals surface area contributed by atoms with E-state index in [1.807, 2.05) is 42.5 Å². The Morgan fingerprint density at radius 1 is 0.882 bits per heavy atom. The van der Waals surface area contributed by atoms with Crippen LogP contribution in [0.25, 0.3) is 21.2 Å². The summed E-state index contributed by atoms with van der Waals surface area (Å²) < 4.78 is 13.1. The van der Waals surface area contributed by atoms with E-state index in [1.165, 1.54) is 23.5 Å². The Hall–Kier alpha value is -4.04. The first-order chi connectivity index (χ1) is 16.4. The normalized spacial score (nSPS) is 11.6. The predicted octanol–water partition coefficient (Wildman–Crippen LogP) is 4.22. The van der Waals surface area contributed by atoms with Gasteiger partial charge < -0.3 is 5.32 Å². The Balaban J connectivity index is 1.29. The average Bonchev–Trinajstić information content (AvgIpc) is 3.33. The van der Waals surface area contributed by atoms with Crippen LogP contribution < -0.4 is 16.2 Å². The van der Waals surface area contributed by atoms with Gasteiger partial charge in [-0.3, -0.25) is 25.2 Å². The number of fused-ring (bicyclic) bond motifs is 1. The Morgan fingerprint density at radius 2 is 1.62 bits per heavy atom. The smallest absolute Gasteiger partial charge is 0.279 e. The third kappa shape index (κ3) is 5.47. The molecule has 0 spiro atoms. The number of thiophene rings is 1. The highest BCUT2D eigenvalue weighted by Crippen LogP contribution is 2.28. The molecule has 0 aliphatic rings. The summed E-state index contributed by atoms with van der Waals surface area (Å²) >= 11 is 1.22. The highest BCUT2D eigenvalue weighted by Gasteiger charge is 2.18. The molecule has 6 nitrogen and oxygen atoms in total. The van der Waals surface area contributed by atoms with Crippen LogP contribution in [0.2, 0.25) is 0 Å². The van der Waals surface area contributed by atoms with E-state index in [0.717, 1.165) is 26.8 Å². The summed E-state index contributed by atoms with van der Waals surface area (Å²) in [7, 11) is 0. The van der Waals surface area contributed by atoms with E-state index in [1.54, 1.807) is 31.2 Å². The second-order valence-corrected chi connectivity index (χ2v) is 8.80. The highest BCUT2D eigenvalue weighted by molar-refractivity contribution is 7.17. The largest absolute Gasteiger partial charge is 0.344 e. The van der Waals surface area contributed by atoms with E-state index < -0.39 is 17.9 Å². The number of hydrogen-bond donors (Lipinski definition) is 3. The summed E-state index contributed by atoms with van der Waals surface area (Å²) in [4.78, 5) is 38.4. The molecule has 4 aromatic rings. The zero-order valence-electron chi connectivity index (χ0n) is 18.3. The van der Waals surface area contributed by atoms with Crippen LogP contribution in [0.4, 0.5) is 4.39 Å². The summed E-state index contributed by atoms with van der Waals surface area (Å²) in [6.07, 6.45) is 0.132. The molecule has 0 radical (unpaired) electrons. The molecule has 3 N–H and O–H groups in total. The number of halogens is 1. The fraction of sp³-hybridized carbons (Fsp3) is 0.115. The van der Waals surface area contributed by atoms with Crippen LogP contribution in [0.5, 0.6) is 0 Å². The number of carbonyl (C=O) groups is 3. The number of hydrazine groups is 1. The molecule has 0 aliphatic heterocycles. The van der Waals surface area contributed by atoms with Gasteiger partial charge in [0.1, 0.15) is 11.9 Å². The molecule has 1 aromatic heterocycles. The first-order valence-corrected chi connectivity index (χ1v) is 11.4. The quantitative estimate of drug-likeness (QED) is 0.365. The molecule has 0 saturated heterocycles. The summed E-state index contributed by atoms with van der Waals surface area (Å²) in [5.41, 5.74) is 6.36. The monoisotopic (exact) mass is 475 g/mol. The van der Waals surface area contributed by atoms with Gasteiger partial charge in [0, 0.05) is 4.88 Å². The lowest BCUT2D eigenvalue weighted by atomic mass is 10.0. The van der Waals surface area contributed by atoms with Crippen LogP contribution in [0.15, 0.2) is 78.9 Å².